The third-order valence-corrected chi connectivity index (χ3v) is 7.23. The van der Waals surface area contributed by atoms with E-state index in [0.717, 1.165) is 56.1 Å². The van der Waals surface area contributed by atoms with E-state index in [0.29, 0.717) is 15.7 Å². The number of nitrogens with one attached hydrogen (secondary N) is 2. The fraction of sp³-hybridized carbons (Fsp3) is 0.812. The van der Waals surface area contributed by atoms with Gasteiger partial charge in [-0.1, -0.05) is 56.1 Å². The Morgan fingerprint density at radius 1 is 0.750 bits per heavy atom. The molecule has 0 spiro atoms. The number of hydrogen-bond donors (Lipinski definition) is 2. The maximum Gasteiger partial charge on any atom is 0.159 e. The van der Waals surface area contributed by atoms with Crippen molar-refractivity contribution in [3.63, 3.8) is 0 Å². The largest absolute Gasteiger partial charge is 0.363 e. The molecule has 3 rings (SSSR count). The van der Waals surface area contributed by atoms with Gasteiger partial charge in [-0.15, -0.1) is 37.2 Å². The van der Waals surface area contributed by atoms with Gasteiger partial charge in [0.15, 0.2) is 15.5 Å². The van der Waals surface area contributed by atoms with Gasteiger partial charge >= 0.3 is 0 Å². The summed E-state index contributed by atoms with van der Waals surface area (Å²) in [5.74, 6) is 0. The lowest BCUT2D eigenvalue weighted by molar-refractivity contribution is 0.432. The lowest BCUT2D eigenvalue weighted by Gasteiger charge is -2.25. The van der Waals surface area contributed by atoms with Crippen molar-refractivity contribution in [1.29, 1.82) is 0 Å². The molecular formula is C16H31Cl3N6S3. The number of thioether (sulfide) groups is 3. The van der Waals surface area contributed by atoms with Gasteiger partial charge in [0, 0.05) is 41.9 Å². The van der Waals surface area contributed by atoms with E-state index in [4.69, 9.17) is 4.99 Å². The molecule has 6 nitrogen and oxygen atoms in total. The predicted octanol–water partition coefficient (Wildman–Crippen LogP) is 3.21. The zero-order valence-electron chi connectivity index (χ0n) is 16.4. The molecule has 3 heterocycles. The first kappa shape index (κ1) is 28.3. The topological polar surface area (TPSA) is 64.4 Å². The van der Waals surface area contributed by atoms with Crippen LogP contribution in [0.1, 0.15) is 20.8 Å². The second-order valence-electron chi connectivity index (χ2n) is 6.54. The van der Waals surface area contributed by atoms with E-state index in [1.54, 1.807) is 0 Å². The van der Waals surface area contributed by atoms with Crippen molar-refractivity contribution in [2.45, 2.75) is 36.5 Å². The van der Waals surface area contributed by atoms with Crippen LogP contribution in [0.4, 0.5) is 0 Å². The van der Waals surface area contributed by atoms with Crippen LogP contribution in [-0.2, 0) is 0 Å². The van der Waals surface area contributed by atoms with Crippen LogP contribution < -0.4 is 10.6 Å². The van der Waals surface area contributed by atoms with E-state index < -0.39 is 0 Å². The minimum absolute atomic E-state index is 0. The van der Waals surface area contributed by atoms with Crippen LogP contribution in [0.15, 0.2) is 15.0 Å². The average molecular weight is 510 g/mol. The van der Waals surface area contributed by atoms with Crippen molar-refractivity contribution >= 4 is 88.0 Å². The van der Waals surface area contributed by atoms with Crippen LogP contribution in [0.25, 0.3) is 0 Å². The Bertz CT molecular complexity index is 530. The molecule has 0 saturated carbocycles. The van der Waals surface area contributed by atoms with E-state index >= 15 is 0 Å². The highest BCUT2D eigenvalue weighted by Crippen LogP contribution is 2.23. The van der Waals surface area contributed by atoms with Gasteiger partial charge in [-0.05, 0) is 0 Å². The van der Waals surface area contributed by atoms with E-state index in [9.17, 15) is 0 Å². The highest BCUT2D eigenvalue weighted by Gasteiger charge is 2.22. The monoisotopic (exact) mass is 508 g/mol. The van der Waals surface area contributed by atoms with E-state index in [1.807, 2.05) is 35.3 Å². The lowest BCUT2D eigenvalue weighted by atomic mass is 10.4. The molecule has 0 aromatic heterocycles. The first-order chi connectivity index (χ1) is 12.1. The van der Waals surface area contributed by atoms with Crippen molar-refractivity contribution in [3.05, 3.63) is 0 Å². The predicted molar refractivity (Wildman–Crippen MR) is 137 cm³/mol. The molecule has 2 N–H and O–H groups in total. The molecular weight excluding hydrogens is 479 g/mol. The van der Waals surface area contributed by atoms with Crippen LogP contribution in [0.3, 0.4) is 0 Å². The van der Waals surface area contributed by atoms with Gasteiger partial charge in [-0.2, -0.15) is 0 Å². The molecule has 3 atom stereocenters. The third-order valence-electron chi connectivity index (χ3n) is 3.99. The summed E-state index contributed by atoms with van der Waals surface area (Å²) in [6.07, 6.45) is 0. The molecule has 0 fully saturated rings. The zero-order valence-corrected chi connectivity index (χ0v) is 21.3. The van der Waals surface area contributed by atoms with Gasteiger partial charge < -0.3 is 15.5 Å². The number of halogens is 3. The molecule has 28 heavy (non-hydrogen) atoms. The maximum absolute atomic E-state index is 4.72. The molecule has 0 bridgehead atoms. The fourth-order valence-corrected chi connectivity index (χ4v) is 5.40. The first-order valence-corrected chi connectivity index (χ1v) is 11.6. The molecule has 0 amide bonds. The smallest absolute Gasteiger partial charge is 0.159 e. The summed E-state index contributed by atoms with van der Waals surface area (Å²) in [6.45, 7) is 13.2. The quantitative estimate of drug-likeness (QED) is 0.573. The number of amidine groups is 3. The summed E-state index contributed by atoms with van der Waals surface area (Å²) in [5, 5.41) is 12.1. The summed E-state index contributed by atoms with van der Waals surface area (Å²) < 4.78 is 0. The van der Waals surface area contributed by atoms with Gasteiger partial charge in [-0.25, -0.2) is 0 Å². The van der Waals surface area contributed by atoms with Gasteiger partial charge in [0.05, 0.1) is 19.6 Å². The fourth-order valence-electron chi connectivity index (χ4n) is 2.68. The van der Waals surface area contributed by atoms with Crippen molar-refractivity contribution < 1.29 is 0 Å². The van der Waals surface area contributed by atoms with Crippen molar-refractivity contribution in [2.75, 3.05) is 45.8 Å². The Balaban J connectivity index is 0.00000243. The Morgan fingerprint density at radius 3 is 1.54 bits per heavy atom. The molecule has 3 aliphatic rings. The van der Waals surface area contributed by atoms with E-state index in [2.05, 4.69) is 46.3 Å². The molecule has 0 aromatic rings. The molecule has 164 valence electrons. The molecule has 3 aliphatic heterocycles. The highest BCUT2D eigenvalue weighted by molar-refractivity contribution is 8.15. The highest BCUT2D eigenvalue weighted by atomic mass is 35.5. The Morgan fingerprint density at radius 2 is 1.18 bits per heavy atom. The minimum Gasteiger partial charge on any atom is -0.363 e. The first-order valence-electron chi connectivity index (χ1n) is 8.96. The van der Waals surface area contributed by atoms with Crippen LogP contribution >= 0.6 is 72.5 Å². The summed E-state index contributed by atoms with van der Waals surface area (Å²) in [6, 6.07) is 0. The summed E-state index contributed by atoms with van der Waals surface area (Å²) >= 11 is 5.57. The average Bonchev–Trinajstić information content (AvgIpc) is 3.29. The molecule has 0 saturated heterocycles. The number of nitrogens with zero attached hydrogens (tertiary/aromatic N) is 4. The van der Waals surface area contributed by atoms with Crippen LogP contribution in [0.2, 0.25) is 0 Å². The standard InChI is InChI=1S/C16H28N6S3.3ClH/c1-11-8-19-14(23-11)17-4-6-22(16-21-10-13(3)25-16)7-5-18-15-20-9-12(2)24-15;;;/h11-13H,4-10H2,1-3H3,(H,17,19)(H,18,20);3*1H. The Hall–Kier alpha value is 0.330. The molecule has 0 aliphatic carbocycles. The lowest BCUT2D eigenvalue weighted by Crippen LogP contribution is -2.40. The molecule has 0 aromatic carbocycles. The molecule has 0 radical (unpaired) electrons. The van der Waals surface area contributed by atoms with Crippen molar-refractivity contribution in [3.8, 4) is 0 Å². The van der Waals surface area contributed by atoms with Crippen molar-refractivity contribution in [1.82, 2.24) is 15.5 Å². The summed E-state index contributed by atoms with van der Waals surface area (Å²) in [4.78, 5) is 16.2. The summed E-state index contributed by atoms with van der Waals surface area (Å²) in [7, 11) is 0. The molecule has 3 unspecified atom stereocenters. The van der Waals surface area contributed by atoms with Gasteiger partial charge in [0.25, 0.3) is 0 Å². The van der Waals surface area contributed by atoms with Gasteiger partial charge in [0.2, 0.25) is 0 Å². The van der Waals surface area contributed by atoms with Crippen LogP contribution in [0, 0.1) is 0 Å². The Labute approximate surface area is 200 Å². The number of hydrogen-bond acceptors (Lipinski definition) is 9. The molecule has 12 heteroatoms. The SMILES string of the molecule is CC1CN=C(NCCN(CCNC2=NCC(C)S2)C2=NCC(C)S2)S1.Cl.Cl.Cl. The van der Waals surface area contributed by atoms with Crippen LogP contribution in [0.5, 0.6) is 0 Å². The van der Waals surface area contributed by atoms with E-state index in [-0.39, 0.29) is 37.2 Å². The van der Waals surface area contributed by atoms with Gasteiger partial charge in [-0.3, -0.25) is 15.0 Å². The third kappa shape index (κ3) is 9.00. The van der Waals surface area contributed by atoms with Crippen LogP contribution in [-0.4, -0.2) is 82.0 Å². The summed E-state index contributed by atoms with van der Waals surface area (Å²) in [5.41, 5.74) is 0. The van der Waals surface area contributed by atoms with E-state index in [1.165, 1.54) is 5.17 Å². The second-order valence-corrected chi connectivity index (χ2v) is 10.8. The Kier molecular flexibility index (Phi) is 14.5. The maximum atomic E-state index is 4.72. The van der Waals surface area contributed by atoms with Crippen molar-refractivity contribution in [2.24, 2.45) is 15.0 Å². The normalized spacial score (nSPS) is 25.5. The second kappa shape index (κ2) is 14.4. The minimum atomic E-state index is 0. The number of aliphatic imine (C=N–C) groups is 3. The number of rotatable bonds is 6. The zero-order chi connectivity index (χ0) is 17.6. The van der Waals surface area contributed by atoms with Gasteiger partial charge in [0.1, 0.15) is 0 Å².